The van der Waals surface area contributed by atoms with Gasteiger partial charge in [0.15, 0.2) is 5.65 Å². The van der Waals surface area contributed by atoms with Crippen LogP contribution < -0.4 is 4.74 Å². The van der Waals surface area contributed by atoms with Gasteiger partial charge < -0.3 is 9.14 Å². The van der Waals surface area contributed by atoms with Crippen LogP contribution in [0.3, 0.4) is 0 Å². The molecule has 0 atom stereocenters. The van der Waals surface area contributed by atoms with Crippen LogP contribution >= 0.6 is 0 Å². The summed E-state index contributed by atoms with van der Waals surface area (Å²) in [6.07, 6.45) is 4.59. The van der Waals surface area contributed by atoms with Gasteiger partial charge in [0.1, 0.15) is 17.4 Å². The third kappa shape index (κ3) is 1.59. The van der Waals surface area contributed by atoms with E-state index in [0.717, 1.165) is 0 Å². The second kappa shape index (κ2) is 3.53. The van der Waals surface area contributed by atoms with E-state index in [-0.39, 0.29) is 11.3 Å². The smallest absolute Gasteiger partial charge is 0.387 e. The molecule has 0 saturated heterocycles. The van der Waals surface area contributed by atoms with Gasteiger partial charge in [0.05, 0.1) is 0 Å². The van der Waals surface area contributed by atoms with Crippen LogP contribution in [0.1, 0.15) is 5.56 Å². The summed E-state index contributed by atoms with van der Waals surface area (Å²) in [4.78, 5) is 3.87. The molecule has 0 aliphatic rings. The number of fused-ring (bicyclic) bond motifs is 1. The van der Waals surface area contributed by atoms with Crippen molar-refractivity contribution < 1.29 is 13.5 Å². The molecule has 2 heterocycles. The lowest BCUT2D eigenvalue weighted by atomic mass is 10.2. The minimum absolute atomic E-state index is 0.00259. The number of aromatic nitrogens is 2. The highest BCUT2D eigenvalue weighted by molar-refractivity contribution is 5.61. The molecular weight excluding hydrogens is 204 g/mol. The Morgan fingerprint density at radius 1 is 1.47 bits per heavy atom. The molecule has 76 valence electrons. The predicted octanol–water partition coefficient (Wildman–Crippen LogP) is 1.81. The average molecular weight is 209 g/mol. The normalized spacial score (nSPS) is 10.5. The molecule has 0 bridgehead atoms. The Kier molecular flexibility index (Phi) is 2.21. The van der Waals surface area contributed by atoms with E-state index >= 15 is 0 Å². The lowest BCUT2D eigenvalue weighted by Gasteiger charge is -2.06. The highest BCUT2D eigenvalue weighted by atomic mass is 19.3. The lowest BCUT2D eigenvalue weighted by molar-refractivity contribution is -0.0500. The minimum atomic E-state index is -2.95. The fourth-order valence-corrected chi connectivity index (χ4v) is 1.27. The van der Waals surface area contributed by atoms with Crippen molar-refractivity contribution in [1.29, 1.82) is 5.26 Å². The van der Waals surface area contributed by atoms with Crippen molar-refractivity contribution in [1.82, 2.24) is 9.38 Å². The van der Waals surface area contributed by atoms with Gasteiger partial charge in [0.25, 0.3) is 0 Å². The number of alkyl halides is 2. The van der Waals surface area contributed by atoms with Crippen LogP contribution in [0.25, 0.3) is 5.65 Å². The molecule has 2 aromatic heterocycles. The first-order valence-electron chi connectivity index (χ1n) is 4.03. The number of nitriles is 1. The summed E-state index contributed by atoms with van der Waals surface area (Å²) >= 11 is 0. The monoisotopic (exact) mass is 209 g/mol. The third-order valence-corrected chi connectivity index (χ3v) is 1.85. The molecule has 4 nitrogen and oxygen atoms in total. The largest absolute Gasteiger partial charge is 0.433 e. The summed E-state index contributed by atoms with van der Waals surface area (Å²) in [6, 6.07) is 3.09. The number of rotatable bonds is 2. The van der Waals surface area contributed by atoms with Crippen molar-refractivity contribution in [3.05, 3.63) is 30.2 Å². The summed E-state index contributed by atoms with van der Waals surface area (Å²) in [7, 11) is 0. The minimum Gasteiger partial charge on any atom is -0.433 e. The van der Waals surface area contributed by atoms with Crippen LogP contribution in [0, 0.1) is 11.3 Å². The van der Waals surface area contributed by atoms with Gasteiger partial charge in [-0.05, 0) is 6.07 Å². The Morgan fingerprint density at radius 3 is 2.93 bits per heavy atom. The van der Waals surface area contributed by atoms with Gasteiger partial charge in [-0.3, -0.25) is 0 Å². The first-order valence-corrected chi connectivity index (χ1v) is 4.03. The van der Waals surface area contributed by atoms with E-state index in [4.69, 9.17) is 5.26 Å². The van der Waals surface area contributed by atoms with Crippen LogP contribution in [0.5, 0.6) is 5.75 Å². The van der Waals surface area contributed by atoms with E-state index in [1.54, 1.807) is 16.7 Å². The van der Waals surface area contributed by atoms with E-state index in [1.165, 1.54) is 18.5 Å². The predicted molar refractivity (Wildman–Crippen MR) is 46.5 cm³/mol. The molecule has 2 rings (SSSR count). The number of pyridine rings is 1. The summed E-state index contributed by atoms with van der Waals surface area (Å²) in [5, 5.41) is 8.82. The SMILES string of the molecule is N#Cc1c(OC(F)F)ccn2ccnc12. The Balaban J connectivity index is 2.60. The van der Waals surface area contributed by atoms with Gasteiger partial charge in [-0.25, -0.2) is 4.98 Å². The van der Waals surface area contributed by atoms with Crippen molar-refractivity contribution in [2.75, 3.05) is 0 Å². The summed E-state index contributed by atoms with van der Waals surface area (Å²) < 4.78 is 29.8. The summed E-state index contributed by atoms with van der Waals surface area (Å²) in [5.41, 5.74) is 0.304. The second-order valence-corrected chi connectivity index (χ2v) is 2.70. The van der Waals surface area contributed by atoms with Gasteiger partial charge in [0, 0.05) is 18.6 Å². The fraction of sp³-hybridized carbons (Fsp3) is 0.111. The molecule has 0 unspecified atom stereocenters. The number of imidazole rings is 1. The van der Waals surface area contributed by atoms with Gasteiger partial charge >= 0.3 is 6.61 Å². The van der Waals surface area contributed by atoms with Gasteiger partial charge in [-0.15, -0.1) is 0 Å². The fourth-order valence-electron chi connectivity index (χ4n) is 1.27. The van der Waals surface area contributed by atoms with Crippen LogP contribution in [0.15, 0.2) is 24.7 Å². The highest BCUT2D eigenvalue weighted by Crippen LogP contribution is 2.22. The van der Waals surface area contributed by atoms with Gasteiger partial charge in [-0.2, -0.15) is 14.0 Å². The molecule has 0 saturated carbocycles. The Labute approximate surface area is 83.3 Å². The standard InChI is InChI=1S/C9H5F2N3O/c10-9(11)15-7-1-3-14-4-2-13-8(14)6(7)5-12/h1-4,9H. The molecule has 15 heavy (non-hydrogen) atoms. The van der Waals surface area contributed by atoms with Gasteiger partial charge in [0.2, 0.25) is 0 Å². The van der Waals surface area contributed by atoms with Crippen LogP contribution in [-0.4, -0.2) is 16.0 Å². The van der Waals surface area contributed by atoms with Crippen molar-refractivity contribution in [3.8, 4) is 11.8 Å². The molecule has 0 aromatic carbocycles. The van der Waals surface area contributed by atoms with E-state index in [1.807, 2.05) is 0 Å². The molecule has 0 radical (unpaired) electrons. The summed E-state index contributed by atoms with van der Waals surface area (Å²) in [6.45, 7) is -2.95. The molecule has 0 amide bonds. The van der Waals surface area contributed by atoms with Crippen molar-refractivity contribution in [2.24, 2.45) is 0 Å². The highest BCUT2D eigenvalue weighted by Gasteiger charge is 2.13. The zero-order valence-corrected chi connectivity index (χ0v) is 7.39. The first-order chi connectivity index (χ1) is 7.22. The van der Waals surface area contributed by atoms with Gasteiger partial charge in [-0.1, -0.05) is 0 Å². The maximum absolute atomic E-state index is 12.0. The Bertz CT molecular complexity index is 530. The molecule has 0 N–H and O–H groups in total. The molecule has 2 aromatic rings. The van der Waals surface area contributed by atoms with Crippen molar-refractivity contribution >= 4 is 5.65 Å². The molecule has 0 spiro atoms. The Hall–Kier alpha value is -2.16. The van der Waals surface area contributed by atoms with E-state index in [9.17, 15) is 8.78 Å². The van der Waals surface area contributed by atoms with Crippen LogP contribution in [0.2, 0.25) is 0 Å². The number of hydrogen-bond donors (Lipinski definition) is 0. The molecule has 0 aliphatic heterocycles. The zero-order chi connectivity index (χ0) is 10.8. The molecule has 6 heteroatoms. The quantitative estimate of drug-likeness (QED) is 0.757. The second-order valence-electron chi connectivity index (χ2n) is 2.70. The number of nitrogens with zero attached hydrogens (tertiary/aromatic N) is 3. The third-order valence-electron chi connectivity index (χ3n) is 1.85. The van der Waals surface area contributed by atoms with Crippen molar-refractivity contribution in [3.63, 3.8) is 0 Å². The van der Waals surface area contributed by atoms with Crippen LogP contribution in [0.4, 0.5) is 8.78 Å². The maximum Gasteiger partial charge on any atom is 0.387 e. The van der Waals surface area contributed by atoms with E-state index in [2.05, 4.69) is 9.72 Å². The van der Waals surface area contributed by atoms with E-state index < -0.39 is 6.61 Å². The number of halogens is 2. The topological polar surface area (TPSA) is 50.3 Å². The molecule has 0 aliphatic carbocycles. The first kappa shape index (κ1) is 9.40. The van der Waals surface area contributed by atoms with Crippen molar-refractivity contribution in [2.45, 2.75) is 6.61 Å². The molecular formula is C9H5F2N3O. The molecule has 0 fully saturated rings. The average Bonchev–Trinajstić information content (AvgIpc) is 2.64. The Morgan fingerprint density at radius 2 is 2.27 bits per heavy atom. The maximum atomic E-state index is 12.0. The summed E-state index contributed by atoms with van der Waals surface area (Å²) in [5.74, 6) is -0.161. The number of hydrogen-bond acceptors (Lipinski definition) is 3. The zero-order valence-electron chi connectivity index (χ0n) is 7.39. The number of ether oxygens (including phenoxy) is 1. The van der Waals surface area contributed by atoms with E-state index in [0.29, 0.717) is 5.65 Å². The lowest BCUT2D eigenvalue weighted by Crippen LogP contribution is -2.04. The van der Waals surface area contributed by atoms with Crippen LogP contribution in [-0.2, 0) is 0 Å².